The number of azo groups is 1. The van der Waals surface area contributed by atoms with Crippen molar-refractivity contribution in [1.82, 2.24) is 9.62 Å². The van der Waals surface area contributed by atoms with Gasteiger partial charge in [0, 0.05) is 45.0 Å². The molecule has 1 aromatic carbocycles. The number of primary sulfonamides is 1. The molecule has 6 N–H and O–H groups in total. The molecule has 2 saturated heterocycles. The number of aliphatic hydroxyl groups excluding tert-OH is 1. The fourth-order valence-corrected chi connectivity index (χ4v) is 6.88. The van der Waals surface area contributed by atoms with Gasteiger partial charge in [0.25, 0.3) is 0 Å². The molecule has 1 aromatic rings. The molecule has 4 rings (SSSR count). The number of aliphatic hydroxyl groups is 1. The number of morpholine rings is 1. The molecule has 1 unspecified atom stereocenters. The third-order valence-corrected chi connectivity index (χ3v) is 8.49. The van der Waals surface area contributed by atoms with E-state index in [1.165, 1.54) is 12.1 Å². The Morgan fingerprint density at radius 3 is 2.71 bits per heavy atom. The van der Waals surface area contributed by atoms with Crippen molar-refractivity contribution in [1.29, 1.82) is 0 Å². The lowest BCUT2D eigenvalue weighted by Crippen LogP contribution is -2.58. The number of amidine groups is 1. The van der Waals surface area contributed by atoms with Gasteiger partial charge in [-0.3, -0.25) is 4.90 Å². The van der Waals surface area contributed by atoms with Gasteiger partial charge in [-0.2, -0.15) is 5.11 Å². The van der Waals surface area contributed by atoms with Crippen molar-refractivity contribution >= 4 is 31.6 Å². The number of nitrogens with zero attached hydrogens (tertiary/aromatic N) is 5. The van der Waals surface area contributed by atoms with Crippen molar-refractivity contribution in [2.45, 2.75) is 21.9 Å². The molecule has 0 aromatic heterocycles. The maximum atomic E-state index is 13.0. The Hall–Kier alpha value is -2.05. The zero-order valence-corrected chi connectivity index (χ0v) is 20.0. The van der Waals surface area contributed by atoms with E-state index in [1.54, 1.807) is 0 Å². The maximum absolute atomic E-state index is 13.0. The van der Waals surface area contributed by atoms with E-state index in [-0.39, 0.29) is 30.7 Å². The van der Waals surface area contributed by atoms with Crippen molar-refractivity contribution in [3.63, 3.8) is 0 Å². The Labute approximate surface area is 197 Å². The zero-order valence-electron chi connectivity index (χ0n) is 18.4. The van der Waals surface area contributed by atoms with E-state index in [9.17, 15) is 21.9 Å². The highest BCUT2D eigenvalue weighted by Gasteiger charge is 2.36. The highest BCUT2D eigenvalue weighted by atomic mass is 32.2. The number of aliphatic imine (C=N–C) groups is 1. The first-order valence-electron chi connectivity index (χ1n) is 10.7. The molecule has 16 heteroatoms. The van der Waals surface area contributed by atoms with Gasteiger partial charge < -0.3 is 20.5 Å². The minimum absolute atomic E-state index is 0.0129. The van der Waals surface area contributed by atoms with Gasteiger partial charge in [0.05, 0.1) is 30.9 Å². The normalized spacial score (nSPS) is 22.5. The SMILES string of the molecule is NC[C@@H](O)CNS(=O)(=O)c1ccc(N2CCN3CCOCC3C2)c(C2=NCN=N2)c1S(N)(=O)=O. The summed E-state index contributed by atoms with van der Waals surface area (Å²) in [6, 6.07) is 2.81. The molecule has 2 fully saturated rings. The predicted octanol–water partition coefficient (Wildman–Crippen LogP) is -2.38. The summed E-state index contributed by atoms with van der Waals surface area (Å²) in [5, 5.41) is 23.0. The molecule has 0 bridgehead atoms. The number of anilines is 1. The molecule has 0 amide bonds. The lowest BCUT2D eigenvalue weighted by atomic mass is 10.1. The van der Waals surface area contributed by atoms with Gasteiger partial charge in [-0.25, -0.2) is 31.7 Å². The third kappa shape index (κ3) is 5.13. The molecule has 3 aliphatic rings. The predicted molar refractivity (Wildman–Crippen MR) is 123 cm³/mol. The number of ether oxygens (including phenoxy) is 1. The van der Waals surface area contributed by atoms with Gasteiger partial charge in [0.1, 0.15) is 9.79 Å². The number of hydrogen-bond acceptors (Lipinski definition) is 12. The number of sulfonamides is 2. The van der Waals surface area contributed by atoms with Crippen molar-refractivity contribution in [2.24, 2.45) is 26.1 Å². The standard InChI is InChI=1S/C18H28N8O6S2/c19-7-13(27)8-23-34(30,31)15-2-1-14(26-4-3-25-5-6-32-10-12(25)9-26)16(17(15)33(20,28)29)18-21-11-22-24-18/h1-2,12-13,23,27H,3-11,19H2,(H2,20,28,29)/t12?,13-/m1/s1. The summed E-state index contributed by atoms with van der Waals surface area (Å²) in [6.45, 7) is 3.26. The van der Waals surface area contributed by atoms with E-state index in [0.29, 0.717) is 32.0 Å². The summed E-state index contributed by atoms with van der Waals surface area (Å²) in [6.07, 6.45) is -1.14. The summed E-state index contributed by atoms with van der Waals surface area (Å²) < 4.78 is 59.4. The van der Waals surface area contributed by atoms with Crippen LogP contribution < -0.4 is 20.5 Å². The second kappa shape index (κ2) is 9.90. The summed E-state index contributed by atoms with van der Waals surface area (Å²) in [7, 11) is -8.96. The average molecular weight is 517 g/mol. The Balaban J connectivity index is 1.83. The molecular formula is C18H28N8O6S2. The van der Waals surface area contributed by atoms with Crippen LogP contribution in [0.4, 0.5) is 5.69 Å². The number of piperazine rings is 1. The largest absolute Gasteiger partial charge is 0.390 e. The molecular weight excluding hydrogens is 488 g/mol. The van der Waals surface area contributed by atoms with Crippen LogP contribution in [-0.4, -0.2) is 104 Å². The molecule has 14 nitrogen and oxygen atoms in total. The van der Waals surface area contributed by atoms with Crippen molar-refractivity contribution in [3.8, 4) is 0 Å². The van der Waals surface area contributed by atoms with Crippen molar-refractivity contribution in [2.75, 3.05) is 64.1 Å². The molecule has 2 atom stereocenters. The molecule has 0 saturated carbocycles. The van der Waals surface area contributed by atoms with Gasteiger partial charge in [-0.1, -0.05) is 0 Å². The Kier molecular flexibility index (Phi) is 7.30. The lowest BCUT2D eigenvalue weighted by Gasteiger charge is -2.45. The van der Waals surface area contributed by atoms with Crippen LogP contribution in [0, 0.1) is 0 Å². The van der Waals surface area contributed by atoms with E-state index in [4.69, 9.17) is 15.6 Å². The first-order chi connectivity index (χ1) is 16.1. The smallest absolute Gasteiger partial charge is 0.242 e. The van der Waals surface area contributed by atoms with Crippen LogP contribution in [-0.2, 0) is 24.8 Å². The number of hydrogen-bond donors (Lipinski definition) is 4. The van der Waals surface area contributed by atoms with E-state index in [1.807, 2.05) is 4.90 Å². The quantitative estimate of drug-likeness (QED) is 0.291. The fraction of sp³-hybridized carbons (Fsp3) is 0.611. The van der Waals surface area contributed by atoms with Crippen LogP contribution in [0.25, 0.3) is 0 Å². The van der Waals surface area contributed by atoms with Crippen molar-refractivity contribution in [3.05, 3.63) is 17.7 Å². The van der Waals surface area contributed by atoms with Crippen LogP contribution in [0.2, 0.25) is 0 Å². The molecule has 188 valence electrons. The van der Waals surface area contributed by atoms with Crippen LogP contribution in [0.3, 0.4) is 0 Å². The summed E-state index contributed by atoms with van der Waals surface area (Å²) >= 11 is 0. The Morgan fingerprint density at radius 2 is 2.03 bits per heavy atom. The van der Waals surface area contributed by atoms with Crippen LogP contribution in [0.5, 0.6) is 0 Å². The van der Waals surface area contributed by atoms with E-state index >= 15 is 0 Å². The van der Waals surface area contributed by atoms with Crippen LogP contribution in [0.1, 0.15) is 5.56 Å². The first-order valence-corrected chi connectivity index (χ1v) is 13.7. The second-order valence-corrected chi connectivity index (χ2v) is 11.4. The topological polar surface area (TPSA) is 205 Å². The number of nitrogens with one attached hydrogen (secondary N) is 1. The van der Waals surface area contributed by atoms with Gasteiger partial charge in [-0.05, 0) is 12.1 Å². The molecule has 3 heterocycles. The van der Waals surface area contributed by atoms with Crippen LogP contribution in [0.15, 0.2) is 37.1 Å². The number of rotatable bonds is 8. The summed E-state index contributed by atoms with van der Waals surface area (Å²) in [4.78, 5) is 7.23. The summed E-state index contributed by atoms with van der Waals surface area (Å²) in [5.41, 5.74) is 5.76. The van der Waals surface area contributed by atoms with Gasteiger partial charge >= 0.3 is 0 Å². The number of benzene rings is 1. The first kappa shape index (κ1) is 25.1. The van der Waals surface area contributed by atoms with E-state index in [0.717, 1.165) is 13.1 Å². The molecule has 3 aliphatic heterocycles. The van der Waals surface area contributed by atoms with E-state index in [2.05, 4.69) is 24.8 Å². The van der Waals surface area contributed by atoms with Gasteiger partial charge in [-0.15, -0.1) is 5.11 Å². The van der Waals surface area contributed by atoms with Crippen LogP contribution >= 0.6 is 0 Å². The van der Waals surface area contributed by atoms with E-state index < -0.39 is 42.5 Å². The maximum Gasteiger partial charge on any atom is 0.242 e. The molecule has 0 spiro atoms. The highest BCUT2D eigenvalue weighted by molar-refractivity contribution is 7.92. The number of nitrogens with two attached hydrogens (primary N) is 2. The average Bonchev–Trinajstić information content (AvgIpc) is 3.35. The second-order valence-electron chi connectivity index (χ2n) is 8.15. The Bertz CT molecular complexity index is 1200. The zero-order chi connectivity index (χ0) is 24.5. The van der Waals surface area contributed by atoms with Gasteiger partial charge in [0.2, 0.25) is 20.0 Å². The number of fused-ring (bicyclic) bond motifs is 1. The fourth-order valence-electron chi connectivity index (χ4n) is 4.22. The Morgan fingerprint density at radius 1 is 1.24 bits per heavy atom. The summed E-state index contributed by atoms with van der Waals surface area (Å²) in [5.74, 6) is -0.0135. The minimum atomic E-state index is -4.56. The molecule has 0 aliphatic carbocycles. The third-order valence-electron chi connectivity index (χ3n) is 5.91. The van der Waals surface area contributed by atoms with Gasteiger partial charge in [0.15, 0.2) is 12.5 Å². The van der Waals surface area contributed by atoms with Crippen molar-refractivity contribution < 1.29 is 26.7 Å². The molecule has 34 heavy (non-hydrogen) atoms. The lowest BCUT2D eigenvalue weighted by molar-refractivity contribution is -0.0117. The monoisotopic (exact) mass is 516 g/mol. The minimum Gasteiger partial charge on any atom is -0.390 e. The molecule has 0 radical (unpaired) electrons. The highest BCUT2D eigenvalue weighted by Crippen LogP contribution is 2.35.